The van der Waals surface area contributed by atoms with Gasteiger partial charge in [-0.15, -0.1) is 11.6 Å². The highest BCUT2D eigenvalue weighted by Crippen LogP contribution is 2.41. The Labute approximate surface area is 93.2 Å². The van der Waals surface area contributed by atoms with Gasteiger partial charge in [-0.05, 0) is 31.6 Å². The minimum Gasteiger partial charge on any atom is -0.118 e. The van der Waals surface area contributed by atoms with Gasteiger partial charge in [0.05, 0.1) is 5.38 Å². The molecule has 0 heterocycles. The number of halogens is 2. The second-order valence-electron chi connectivity index (χ2n) is 4.22. The molecule has 12 heavy (non-hydrogen) atoms. The quantitative estimate of drug-likeness (QED) is 0.465. The van der Waals surface area contributed by atoms with E-state index >= 15 is 0 Å². The number of allylic oxidation sites excluding steroid dienone is 4. The van der Waals surface area contributed by atoms with E-state index in [1.807, 2.05) is 6.08 Å². The van der Waals surface area contributed by atoms with E-state index < -0.39 is 0 Å². The third kappa shape index (κ3) is 2.25. The van der Waals surface area contributed by atoms with Crippen LogP contribution in [0.5, 0.6) is 0 Å². The molecule has 0 spiro atoms. The van der Waals surface area contributed by atoms with Crippen molar-refractivity contribution in [2.24, 2.45) is 11.3 Å². The van der Waals surface area contributed by atoms with Crippen molar-refractivity contribution in [2.45, 2.75) is 26.1 Å². The van der Waals surface area contributed by atoms with Gasteiger partial charge in [-0.25, -0.2) is 0 Å². The topological polar surface area (TPSA) is 0 Å². The maximum absolute atomic E-state index is 6.23. The highest BCUT2D eigenvalue weighted by Gasteiger charge is 2.32. The molecule has 1 aliphatic carbocycles. The Morgan fingerprint density at radius 2 is 2.00 bits per heavy atom. The molecule has 68 valence electrons. The highest BCUT2D eigenvalue weighted by molar-refractivity contribution is 14.1. The maximum atomic E-state index is 6.23. The van der Waals surface area contributed by atoms with Gasteiger partial charge in [0.15, 0.2) is 0 Å². The van der Waals surface area contributed by atoms with E-state index in [-0.39, 0.29) is 10.8 Å². The molecule has 0 fully saturated rings. The van der Waals surface area contributed by atoms with E-state index in [9.17, 15) is 0 Å². The minimum atomic E-state index is 0.155. The van der Waals surface area contributed by atoms with Crippen LogP contribution in [0.2, 0.25) is 0 Å². The van der Waals surface area contributed by atoms with Crippen molar-refractivity contribution in [3.63, 3.8) is 0 Å². The zero-order valence-electron chi connectivity index (χ0n) is 7.64. The van der Waals surface area contributed by atoms with Crippen LogP contribution in [0, 0.1) is 11.3 Å². The fraction of sp³-hybridized carbons (Fsp3) is 0.600. The predicted molar refractivity (Wildman–Crippen MR) is 63.8 cm³/mol. The lowest BCUT2D eigenvalue weighted by Crippen LogP contribution is -2.29. The maximum Gasteiger partial charge on any atom is 0.0597 e. The summed E-state index contributed by atoms with van der Waals surface area (Å²) < 4.78 is 1.36. The zero-order valence-corrected chi connectivity index (χ0v) is 10.6. The smallest absolute Gasteiger partial charge is 0.0597 e. The number of hydrogen-bond acceptors (Lipinski definition) is 0. The van der Waals surface area contributed by atoms with Crippen molar-refractivity contribution in [2.75, 3.05) is 0 Å². The molecule has 0 amide bonds. The van der Waals surface area contributed by atoms with Crippen molar-refractivity contribution in [3.8, 4) is 0 Å². The van der Waals surface area contributed by atoms with Gasteiger partial charge < -0.3 is 0 Å². The van der Waals surface area contributed by atoms with Crippen molar-refractivity contribution in [1.82, 2.24) is 0 Å². The summed E-state index contributed by atoms with van der Waals surface area (Å²) in [7, 11) is 0. The fourth-order valence-corrected chi connectivity index (χ4v) is 3.85. The molecular weight excluding hydrogens is 282 g/mol. The Hall–Kier alpha value is 0.500. The summed E-state index contributed by atoms with van der Waals surface area (Å²) in [6, 6.07) is 0. The van der Waals surface area contributed by atoms with Crippen LogP contribution in [-0.2, 0) is 0 Å². The van der Waals surface area contributed by atoms with Gasteiger partial charge in [0.2, 0.25) is 0 Å². The van der Waals surface area contributed by atoms with Gasteiger partial charge in [0.25, 0.3) is 0 Å². The summed E-state index contributed by atoms with van der Waals surface area (Å²) in [6.45, 7) is 6.70. The lowest BCUT2D eigenvalue weighted by Gasteiger charge is -2.34. The van der Waals surface area contributed by atoms with Gasteiger partial charge in [0.1, 0.15) is 0 Å². The monoisotopic (exact) mass is 296 g/mol. The molecule has 0 saturated carbocycles. The molecule has 0 aromatic rings. The molecule has 2 atom stereocenters. The molecule has 0 N–H and O–H groups in total. The molecule has 0 saturated heterocycles. The first-order chi connectivity index (χ1) is 5.43. The highest BCUT2D eigenvalue weighted by atomic mass is 127. The van der Waals surface area contributed by atoms with Crippen LogP contribution >= 0.6 is 34.2 Å². The first-order valence-electron chi connectivity index (χ1n) is 4.11. The van der Waals surface area contributed by atoms with E-state index in [4.69, 9.17) is 11.6 Å². The van der Waals surface area contributed by atoms with Gasteiger partial charge in [-0.1, -0.05) is 39.0 Å². The van der Waals surface area contributed by atoms with E-state index in [0.29, 0.717) is 5.92 Å². The molecule has 2 heteroatoms. The minimum absolute atomic E-state index is 0.155. The van der Waals surface area contributed by atoms with Crippen LogP contribution in [0.1, 0.15) is 20.8 Å². The van der Waals surface area contributed by atoms with E-state index in [1.165, 1.54) is 3.58 Å². The molecule has 2 unspecified atom stereocenters. The summed E-state index contributed by atoms with van der Waals surface area (Å²) >= 11 is 8.61. The zero-order chi connectivity index (χ0) is 9.35. The lowest BCUT2D eigenvalue weighted by molar-refractivity contribution is 0.295. The van der Waals surface area contributed by atoms with Crippen LogP contribution in [0.15, 0.2) is 21.8 Å². The molecule has 1 aliphatic rings. The summed E-state index contributed by atoms with van der Waals surface area (Å²) in [6.07, 6.45) is 6.26. The predicted octanol–water partition coefficient (Wildman–Crippen LogP) is 4.14. The van der Waals surface area contributed by atoms with Crippen molar-refractivity contribution < 1.29 is 0 Å². The largest absolute Gasteiger partial charge is 0.118 e. The molecule has 0 radical (unpaired) electrons. The Morgan fingerprint density at radius 3 is 2.33 bits per heavy atom. The van der Waals surface area contributed by atoms with Crippen molar-refractivity contribution in [3.05, 3.63) is 21.8 Å². The SMILES string of the molecule is CC(C)(C)C1C(I)=CC=CC1Cl. The van der Waals surface area contributed by atoms with Crippen molar-refractivity contribution >= 4 is 34.2 Å². The second-order valence-corrected chi connectivity index (χ2v) is 5.97. The second kappa shape index (κ2) is 3.70. The van der Waals surface area contributed by atoms with E-state index in [2.05, 4.69) is 55.5 Å². The van der Waals surface area contributed by atoms with Crippen LogP contribution in [0.4, 0.5) is 0 Å². The molecule has 0 bridgehead atoms. The van der Waals surface area contributed by atoms with Gasteiger partial charge in [0, 0.05) is 5.92 Å². The normalized spacial score (nSPS) is 30.2. The Kier molecular flexibility index (Phi) is 3.27. The average Bonchev–Trinajstić information content (AvgIpc) is 1.82. The first-order valence-corrected chi connectivity index (χ1v) is 5.62. The summed E-state index contributed by atoms with van der Waals surface area (Å²) in [4.78, 5) is 0. The van der Waals surface area contributed by atoms with Crippen LogP contribution < -0.4 is 0 Å². The van der Waals surface area contributed by atoms with Gasteiger partial charge in [-0.2, -0.15) is 0 Å². The number of hydrogen-bond donors (Lipinski definition) is 0. The Balaban J connectivity index is 2.90. The number of alkyl halides is 1. The summed E-state index contributed by atoms with van der Waals surface area (Å²) in [5, 5.41) is 0.155. The van der Waals surface area contributed by atoms with Crippen LogP contribution in [0.3, 0.4) is 0 Å². The molecule has 0 aromatic heterocycles. The molecular formula is C10H14ClI. The van der Waals surface area contributed by atoms with Crippen LogP contribution in [0.25, 0.3) is 0 Å². The molecule has 0 aromatic carbocycles. The average molecular weight is 297 g/mol. The van der Waals surface area contributed by atoms with E-state index in [1.54, 1.807) is 0 Å². The third-order valence-electron chi connectivity index (χ3n) is 2.10. The Morgan fingerprint density at radius 1 is 1.42 bits per heavy atom. The van der Waals surface area contributed by atoms with Crippen LogP contribution in [-0.4, -0.2) is 5.38 Å². The number of rotatable bonds is 0. The Bertz CT molecular complexity index is 222. The van der Waals surface area contributed by atoms with Gasteiger partial charge >= 0.3 is 0 Å². The third-order valence-corrected chi connectivity index (χ3v) is 3.53. The first kappa shape index (κ1) is 10.6. The van der Waals surface area contributed by atoms with Crippen molar-refractivity contribution in [1.29, 1.82) is 0 Å². The lowest BCUT2D eigenvalue weighted by atomic mass is 9.77. The fourth-order valence-electron chi connectivity index (χ4n) is 1.51. The van der Waals surface area contributed by atoms with Gasteiger partial charge in [-0.3, -0.25) is 0 Å². The van der Waals surface area contributed by atoms with E-state index in [0.717, 1.165) is 0 Å². The summed E-state index contributed by atoms with van der Waals surface area (Å²) in [5.74, 6) is 0.463. The molecule has 0 nitrogen and oxygen atoms in total. The standard InChI is InChI=1S/C10H14ClI/c1-10(2,3)9-7(11)5-4-6-8(9)12/h4-7,9H,1-3H3. The summed E-state index contributed by atoms with van der Waals surface area (Å²) in [5.41, 5.74) is 0.254. The molecule has 0 aliphatic heterocycles. The molecule has 1 rings (SSSR count).